The number of pyridine rings is 1. The molecule has 1 amide bonds. The Morgan fingerprint density at radius 3 is 2.57 bits per heavy atom. The summed E-state index contributed by atoms with van der Waals surface area (Å²) in [5.74, 6) is 1.04. The fourth-order valence-electron chi connectivity index (χ4n) is 4.08. The van der Waals surface area contributed by atoms with Gasteiger partial charge in [-0.25, -0.2) is 4.98 Å². The maximum Gasteiger partial charge on any atom is 0.255 e. The highest BCUT2D eigenvalue weighted by molar-refractivity contribution is 5.94. The molecule has 0 bridgehead atoms. The van der Waals surface area contributed by atoms with Gasteiger partial charge < -0.3 is 15.1 Å². The standard InChI is InChI=1S/C18H26N4O/c1-21-10-2-4-15(21)16-5-3-11-22(16)18(23)13-6-9-17(19-12-13)20-14-7-8-14/h6,9,12,14-16H,2-5,7-8,10-11H2,1H3,(H,19,20)/t15-,16+/m0/s1. The topological polar surface area (TPSA) is 48.5 Å². The fourth-order valence-corrected chi connectivity index (χ4v) is 4.08. The number of amides is 1. The first-order chi connectivity index (χ1) is 11.2. The van der Waals surface area contributed by atoms with E-state index in [0.29, 0.717) is 18.1 Å². The van der Waals surface area contributed by atoms with Crippen molar-refractivity contribution in [2.45, 2.75) is 56.7 Å². The molecule has 1 saturated carbocycles. The number of nitrogens with one attached hydrogen (secondary N) is 1. The number of nitrogens with zero attached hydrogens (tertiary/aromatic N) is 3. The molecule has 23 heavy (non-hydrogen) atoms. The van der Waals surface area contributed by atoms with Crippen molar-refractivity contribution >= 4 is 11.7 Å². The smallest absolute Gasteiger partial charge is 0.255 e. The molecule has 2 atom stereocenters. The number of likely N-dealkylation sites (N-methyl/N-ethyl adjacent to an activating group) is 1. The molecule has 0 unspecified atom stereocenters. The average molecular weight is 314 g/mol. The largest absolute Gasteiger partial charge is 0.367 e. The number of hydrogen-bond donors (Lipinski definition) is 1. The molecule has 1 aromatic heterocycles. The van der Waals surface area contributed by atoms with Crippen LogP contribution in [0.15, 0.2) is 18.3 Å². The van der Waals surface area contributed by atoms with Gasteiger partial charge in [0.2, 0.25) is 0 Å². The highest BCUT2D eigenvalue weighted by atomic mass is 16.2. The summed E-state index contributed by atoms with van der Waals surface area (Å²) in [7, 11) is 2.19. The Morgan fingerprint density at radius 2 is 1.91 bits per heavy atom. The van der Waals surface area contributed by atoms with E-state index in [-0.39, 0.29) is 5.91 Å². The first-order valence-electron chi connectivity index (χ1n) is 8.96. The summed E-state index contributed by atoms with van der Waals surface area (Å²) in [6, 6.07) is 5.36. The molecule has 2 saturated heterocycles. The number of aromatic nitrogens is 1. The van der Waals surface area contributed by atoms with Crippen molar-refractivity contribution in [3.8, 4) is 0 Å². The second-order valence-electron chi connectivity index (χ2n) is 7.25. The first-order valence-corrected chi connectivity index (χ1v) is 8.96. The lowest BCUT2D eigenvalue weighted by atomic mass is 10.0. The van der Waals surface area contributed by atoms with Gasteiger partial charge in [-0.1, -0.05) is 0 Å². The maximum atomic E-state index is 12.9. The summed E-state index contributed by atoms with van der Waals surface area (Å²) >= 11 is 0. The van der Waals surface area contributed by atoms with Gasteiger partial charge in [0, 0.05) is 30.9 Å². The SMILES string of the molecule is CN1CCC[C@H]1[C@H]1CCCN1C(=O)c1ccc(NC2CC2)nc1. The van der Waals surface area contributed by atoms with Crippen molar-refractivity contribution in [3.05, 3.63) is 23.9 Å². The van der Waals surface area contributed by atoms with Gasteiger partial charge in [0.05, 0.1) is 5.56 Å². The van der Waals surface area contributed by atoms with Crippen LogP contribution >= 0.6 is 0 Å². The van der Waals surface area contributed by atoms with Crippen LogP contribution in [0.3, 0.4) is 0 Å². The molecule has 4 rings (SSSR count). The Balaban J connectivity index is 1.46. The Bertz CT molecular complexity index is 569. The van der Waals surface area contributed by atoms with Crippen molar-refractivity contribution in [3.63, 3.8) is 0 Å². The molecule has 3 fully saturated rings. The zero-order valence-electron chi connectivity index (χ0n) is 13.9. The molecule has 124 valence electrons. The van der Waals surface area contributed by atoms with Crippen LogP contribution in [0.5, 0.6) is 0 Å². The molecule has 1 aromatic rings. The van der Waals surface area contributed by atoms with Crippen LogP contribution in [-0.4, -0.2) is 59.0 Å². The molecular formula is C18H26N4O. The van der Waals surface area contributed by atoms with Crippen LogP contribution in [0, 0.1) is 0 Å². The van der Waals surface area contributed by atoms with E-state index in [0.717, 1.165) is 37.3 Å². The van der Waals surface area contributed by atoms with Crippen LogP contribution in [0.2, 0.25) is 0 Å². The summed E-state index contributed by atoms with van der Waals surface area (Å²) in [5, 5.41) is 3.37. The van der Waals surface area contributed by atoms with Crippen LogP contribution in [0.1, 0.15) is 48.9 Å². The monoisotopic (exact) mass is 314 g/mol. The summed E-state index contributed by atoms with van der Waals surface area (Å²) in [6.07, 6.45) is 8.92. The third-order valence-corrected chi connectivity index (χ3v) is 5.52. The second kappa shape index (κ2) is 6.11. The summed E-state index contributed by atoms with van der Waals surface area (Å²) < 4.78 is 0. The van der Waals surface area contributed by atoms with E-state index in [1.165, 1.54) is 25.7 Å². The summed E-state index contributed by atoms with van der Waals surface area (Å²) in [6.45, 7) is 2.04. The number of carbonyl (C=O) groups excluding carboxylic acids is 1. The van der Waals surface area contributed by atoms with Gasteiger partial charge in [0.15, 0.2) is 0 Å². The summed E-state index contributed by atoms with van der Waals surface area (Å²) in [5.41, 5.74) is 0.721. The lowest BCUT2D eigenvalue weighted by Gasteiger charge is -2.33. The molecule has 3 aliphatic rings. The average Bonchev–Trinajstić information content (AvgIpc) is 3.08. The van der Waals surface area contributed by atoms with E-state index >= 15 is 0 Å². The Morgan fingerprint density at radius 1 is 1.13 bits per heavy atom. The quantitative estimate of drug-likeness (QED) is 0.927. The van der Waals surface area contributed by atoms with Crippen LogP contribution in [0.25, 0.3) is 0 Å². The maximum absolute atomic E-state index is 12.9. The predicted molar refractivity (Wildman–Crippen MR) is 90.6 cm³/mol. The molecule has 2 aliphatic heterocycles. The second-order valence-corrected chi connectivity index (χ2v) is 7.25. The molecule has 5 nitrogen and oxygen atoms in total. The highest BCUT2D eigenvalue weighted by Crippen LogP contribution is 2.30. The molecule has 1 aliphatic carbocycles. The lowest BCUT2D eigenvalue weighted by Crippen LogP contribution is -2.47. The van der Waals surface area contributed by atoms with Crippen molar-refractivity contribution in [1.29, 1.82) is 0 Å². The number of anilines is 1. The molecule has 3 heterocycles. The molecule has 0 aromatic carbocycles. The van der Waals surface area contributed by atoms with Gasteiger partial charge in [-0.05, 0) is 64.3 Å². The van der Waals surface area contributed by atoms with Gasteiger partial charge in [-0.3, -0.25) is 4.79 Å². The van der Waals surface area contributed by atoms with Crippen molar-refractivity contribution < 1.29 is 4.79 Å². The molecule has 0 radical (unpaired) electrons. The van der Waals surface area contributed by atoms with E-state index in [4.69, 9.17) is 0 Å². The van der Waals surface area contributed by atoms with Gasteiger partial charge in [-0.2, -0.15) is 0 Å². The number of likely N-dealkylation sites (tertiary alicyclic amines) is 2. The van der Waals surface area contributed by atoms with E-state index in [1.54, 1.807) is 6.20 Å². The van der Waals surface area contributed by atoms with Crippen LogP contribution in [0.4, 0.5) is 5.82 Å². The molecule has 0 spiro atoms. The highest BCUT2D eigenvalue weighted by Gasteiger charge is 2.38. The molecule has 5 heteroatoms. The van der Waals surface area contributed by atoms with E-state index in [9.17, 15) is 4.79 Å². The third kappa shape index (κ3) is 3.07. The van der Waals surface area contributed by atoms with Crippen molar-refractivity contribution in [2.75, 3.05) is 25.5 Å². The minimum atomic E-state index is 0.151. The minimum absolute atomic E-state index is 0.151. The minimum Gasteiger partial charge on any atom is -0.367 e. The van der Waals surface area contributed by atoms with Gasteiger partial charge in [0.1, 0.15) is 5.82 Å². The lowest BCUT2D eigenvalue weighted by molar-refractivity contribution is 0.0664. The Labute approximate surface area is 138 Å². The van der Waals surface area contributed by atoms with Crippen LogP contribution < -0.4 is 5.32 Å². The zero-order chi connectivity index (χ0) is 15.8. The van der Waals surface area contributed by atoms with Crippen molar-refractivity contribution in [2.24, 2.45) is 0 Å². The Kier molecular flexibility index (Phi) is 3.97. The zero-order valence-corrected chi connectivity index (χ0v) is 13.9. The third-order valence-electron chi connectivity index (χ3n) is 5.52. The normalized spacial score (nSPS) is 28.3. The van der Waals surface area contributed by atoms with E-state index in [2.05, 4.69) is 27.1 Å². The predicted octanol–water partition coefficient (Wildman–Crippen LogP) is 2.35. The van der Waals surface area contributed by atoms with Crippen molar-refractivity contribution in [1.82, 2.24) is 14.8 Å². The summed E-state index contributed by atoms with van der Waals surface area (Å²) in [4.78, 5) is 21.9. The van der Waals surface area contributed by atoms with Gasteiger partial charge in [-0.15, -0.1) is 0 Å². The first kappa shape index (κ1) is 14.9. The number of rotatable bonds is 4. The number of carbonyl (C=O) groups is 1. The Hall–Kier alpha value is -1.62. The van der Waals surface area contributed by atoms with Gasteiger partial charge in [0.25, 0.3) is 5.91 Å². The van der Waals surface area contributed by atoms with E-state index < -0.39 is 0 Å². The van der Waals surface area contributed by atoms with Crippen LogP contribution in [-0.2, 0) is 0 Å². The number of hydrogen-bond acceptors (Lipinski definition) is 4. The molecular weight excluding hydrogens is 288 g/mol. The van der Waals surface area contributed by atoms with E-state index in [1.807, 2.05) is 12.1 Å². The molecule has 1 N–H and O–H groups in total. The fraction of sp³-hybridized carbons (Fsp3) is 0.667. The van der Waals surface area contributed by atoms with Gasteiger partial charge >= 0.3 is 0 Å².